The number of hydrogen-bond donors (Lipinski definition) is 1. The van der Waals surface area contributed by atoms with E-state index in [1.165, 1.54) is 0 Å². The van der Waals surface area contributed by atoms with Crippen LogP contribution in [0.4, 0.5) is 0 Å². The first-order chi connectivity index (χ1) is 5.61. The monoisotopic (exact) mass is 165 g/mol. The fourth-order valence-electron chi connectivity index (χ4n) is 0.614. The summed E-state index contributed by atoms with van der Waals surface area (Å²) < 4.78 is 0. The maximum Gasteiger partial charge on any atom is 0.383 e. The maximum absolute atomic E-state index is 10.7. The fourth-order valence-corrected chi connectivity index (χ4v) is 0.614. The summed E-state index contributed by atoms with van der Waals surface area (Å²) in [7, 11) is 0. The van der Waals surface area contributed by atoms with Crippen LogP contribution < -0.4 is 0 Å². The molecule has 0 aromatic rings. The number of imide groups is 1. The van der Waals surface area contributed by atoms with Crippen molar-refractivity contribution < 1.29 is 19.5 Å². The van der Waals surface area contributed by atoms with Gasteiger partial charge in [0.05, 0.1) is 0 Å². The standard InChI is InChI=1S/C7H3NO4/c9-5-1-2-6(10)8(5)4-3-7(11)12/h1-2H,(H,11,12). The minimum atomic E-state index is -1.39. The molecule has 5 heteroatoms. The lowest BCUT2D eigenvalue weighted by Gasteiger charge is -2.00. The first-order valence-corrected chi connectivity index (χ1v) is 2.92. The molecule has 0 atom stereocenters. The number of carbonyl (C=O) groups excluding carboxylic acids is 2. The van der Waals surface area contributed by atoms with Crippen LogP contribution in [0.15, 0.2) is 12.2 Å². The van der Waals surface area contributed by atoms with E-state index >= 15 is 0 Å². The van der Waals surface area contributed by atoms with Gasteiger partial charge in [-0.3, -0.25) is 9.59 Å². The quantitative estimate of drug-likeness (QED) is 0.367. The Morgan fingerprint density at radius 1 is 1.33 bits per heavy atom. The summed E-state index contributed by atoms with van der Waals surface area (Å²) in [5, 5.41) is 8.10. The van der Waals surface area contributed by atoms with Gasteiger partial charge in [0, 0.05) is 24.1 Å². The van der Waals surface area contributed by atoms with Crippen LogP contribution in [0.25, 0.3) is 0 Å². The number of carboxylic acid groups (broad SMARTS) is 1. The van der Waals surface area contributed by atoms with Gasteiger partial charge < -0.3 is 5.11 Å². The van der Waals surface area contributed by atoms with E-state index in [9.17, 15) is 14.4 Å². The molecule has 2 amide bonds. The average molecular weight is 165 g/mol. The molecular formula is C7H3NO4. The Labute approximate surface area is 67.3 Å². The molecule has 12 heavy (non-hydrogen) atoms. The van der Waals surface area contributed by atoms with Crippen LogP contribution in [0, 0.1) is 12.0 Å². The van der Waals surface area contributed by atoms with Crippen LogP contribution in [0.2, 0.25) is 0 Å². The summed E-state index contributed by atoms with van der Waals surface area (Å²) in [5.74, 6) is -0.961. The minimum absolute atomic E-state index is 0.536. The van der Waals surface area contributed by atoms with Crippen LogP contribution >= 0.6 is 0 Å². The maximum atomic E-state index is 10.7. The molecule has 0 aliphatic carbocycles. The second kappa shape index (κ2) is 2.88. The first kappa shape index (κ1) is 8.01. The molecule has 0 aromatic heterocycles. The van der Waals surface area contributed by atoms with Crippen LogP contribution in [-0.2, 0) is 14.4 Å². The van der Waals surface area contributed by atoms with Crippen LogP contribution in [0.1, 0.15) is 0 Å². The van der Waals surface area contributed by atoms with Crippen molar-refractivity contribution in [3.05, 3.63) is 12.2 Å². The molecule has 0 aromatic carbocycles. The summed E-state index contributed by atoms with van der Waals surface area (Å²) in [6.07, 6.45) is 2.05. The van der Waals surface area contributed by atoms with Crippen molar-refractivity contribution in [3.8, 4) is 12.0 Å². The first-order valence-electron chi connectivity index (χ1n) is 2.92. The van der Waals surface area contributed by atoms with Gasteiger partial charge in [-0.1, -0.05) is 0 Å². The lowest BCUT2D eigenvalue weighted by atomic mass is 10.6. The molecule has 0 spiro atoms. The molecule has 1 aliphatic heterocycles. The number of carboxylic acids is 1. The molecule has 1 heterocycles. The van der Waals surface area contributed by atoms with Crippen molar-refractivity contribution in [2.45, 2.75) is 0 Å². The van der Waals surface area contributed by atoms with E-state index in [4.69, 9.17) is 5.11 Å². The van der Waals surface area contributed by atoms with Crippen molar-refractivity contribution >= 4 is 17.8 Å². The predicted octanol–water partition coefficient (Wildman–Crippen LogP) is -1.04. The molecule has 0 radical (unpaired) electrons. The van der Waals surface area contributed by atoms with Crippen molar-refractivity contribution in [1.82, 2.24) is 4.90 Å². The van der Waals surface area contributed by atoms with Gasteiger partial charge in [0.2, 0.25) is 0 Å². The van der Waals surface area contributed by atoms with Gasteiger partial charge in [0.25, 0.3) is 11.8 Å². The predicted molar refractivity (Wildman–Crippen MR) is 36.4 cm³/mol. The minimum Gasteiger partial charge on any atom is -0.472 e. The van der Waals surface area contributed by atoms with Gasteiger partial charge in [-0.25, -0.2) is 4.79 Å². The van der Waals surface area contributed by atoms with Crippen LogP contribution in [0.5, 0.6) is 0 Å². The largest absolute Gasteiger partial charge is 0.472 e. The summed E-state index contributed by atoms with van der Waals surface area (Å²) in [4.78, 5) is 31.9. The van der Waals surface area contributed by atoms with Crippen LogP contribution in [0.3, 0.4) is 0 Å². The van der Waals surface area contributed by atoms with Crippen molar-refractivity contribution in [3.63, 3.8) is 0 Å². The molecule has 0 fully saturated rings. The number of nitrogens with zero attached hydrogens (tertiary/aromatic N) is 1. The molecular weight excluding hydrogens is 162 g/mol. The second-order valence-electron chi connectivity index (χ2n) is 1.89. The second-order valence-corrected chi connectivity index (χ2v) is 1.89. The summed E-state index contributed by atoms with van der Waals surface area (Å²) in [5.41, 5.74) is 0. The zero-order valence-electron chi connectivity index (χ0n) is 5.77. The number of hydrogen-bond acceptors (Lipinski definition) is 3. The van der Waals surface area contributed by atoms with Gasteiger partial charge in [-0.2, -0.15) is 4.90 Å². The molecule has 1 rings (SSSR count). The Morgan fingerprint density at radius 3 is 2.25 bits per heavy atom. The third kappa shape index (κ3) is 1.49. The molecule has 0 saturated heterocycles. The molecule has 0 saturated carbocycles. The number of rotatable bonds is 0. The Kier molecular flexibility index (Phi) is 1.92. The Balaban J connectivity index is 2.80. The summed E-state index contributed by atoms with van der Waals surface area (Å²) >= 11 is 0. The lowest BCUT2D eigenvalue weighted by Crippen LogP contribution is -2.24. The van der Waals surface area contributed by atoms with Gasteiger partial charge in [-0.15, -0.1) is 0 Å². The Bertz CT molecular complexity index is 326. The molecule has 60 valence electrons. The fraction of sp³-hybridized carbons (Fsp3) is 0. The number of aliphatic carboxylic acids is 1. The Morgan fingerprint density at radius 2 is 1.83 bits per heavy atom. The molecule has 1 N–H and O–H groups in total. The topological polar surface area (TPSA) is 74.7 Å². The van der Waals surface area contributed by atoms with Gasteiger partial charge >= 0.3 is 5.97 Å². The van der Waals surface area contributed by atoms with E-state index in [-0.39, 0.29) is 0 Å². The van der Waals surface area contributed by atoms with Crippen molar-refractivity contribution in [2.24, 2.45) is 0 Å². The summed E-state index contributed by atoms with van der Waals surface area (Å²) in [6.45, 7) is 0. The number of carbonyl (C=O) groups is 3. The molecule has 0 bridgehead atoms. The van der Waals surface area contributed by atoms with E-state index < -0.39 is 17.8 Å². The van der Waals surface area contributed by atoms with Crippen molar-refractivity contribution in [1.29, 1.82) is 0 Å². The zero-order chi connectivity index (χ0) is 9.14. The highest BCUT2D eigenvalue weighted by molar-refractivity contribution is 6.14. The summed E-state index contributed by atoms with van der Waals surface area (Å²) in [6, 6.07) is 1.90. The highest BCUT2D eigenvalue weighted by atomic mass is 16.4. The third-order valence-corrected chi connectivity index (χ3v) is 1.08. The van der Waals surface area contributed by atoms with Crippen LogP contribution in [-0.4, -0.2) is 27.8 Å². The van der Waals surface area contributed by atoms with E-state index in [1.54, 1.807) is 5.92 Å². The van der Waals surface area contributed by atoms with E-state index in [0.717, 1.165) is 12.2 Å². The third-order valence-electron chi connectivity index (χ3n) is 1.08. The average Bonchev–Trinajstić information content (AvgIpc) is 2.28. The highest BCUT2D eigenvalue weighted by Gasteiger charge is 2.21. The van der Waals surface area contributed by atoms with Gasteiger partial charge in [-0.05, 0) is 0 Å². The highest BCUT2D eigenvalue weighted by Crippen LogP contribution is 2.00. The van der Waals surface area contributed by atoms with Gasteiger partial charge in [0.1, 0.15) is 0 Å². The Hall–Kier alpha value is -2.09. The van der Waals surface area contributed by atoms with E-state index in [0.29, 0.717) is 4.90 Å². The normalized spacial score (nSPS) is 14.5. The smallest absolute Gasteiger partial charge is 0.383 e. The van der Waals surface area contributed by atoms with Gasteiger partial charge in [0.15, 0.2) is 0 Å². The van der Waals surface area contributed by atoms with Crippen molar-refractivity contribution in [2.75, 3.05) is 0 Å². The molecule has 5 nitrogen and oxygen atoms in total. The van der Waals surface area contributed by atoms with E-state index in [1.807, 2.05) is 6.04 Å². The zero-order valence-corrected chi connectivity index (χ0v) is 5.77. The lowest BCUT2D eigenvalue weighted by molar-refractivity contribution is -0.132. The SMILES string of the molecule is O=C(O)C#CN1C(=O)C=CC1=O. The molecule has 0 unspecified atom stereocenters. The number of amides is 2. The molecule has 1 aliphatic rings. The van der Waals surface area contributed by atoms with E-state index in [2.05, 4.69) is 0 Å².